The summed E-state index contributed by atoms with van der Waals surface area (Å²) in [6.07, 6.45) is 7.92. The maximum absolute atomic E-state index is 6.54. The molecule has 54 heavy (non-hydrogen) atoms. The Morgan fingerprint density at radius 2 is 1.04 bits per heavy atom. The van der Waals surface area contributed by atoms with Gasteiger partial charge in [0, 0.05) is 27.5 Å². The molecule has 2 nitrogen and oxygen atoms in total. The summed E-state index contributed by atoms with van der Waals surface area (Å²) in [6.45, 7) is 0. The van der Waals surface area contributed by atoms with E-state index in [0.717, 1.165) is 55.7 Å². The van der Waals surface area contributed by atoms with E-state index in [-0.39, 0.29) is 0 Å². The molecule has 11 aromatic rings. The fourth-order valence-electron chi connectivity index (χ4n) is 9.41. The molecular weight excluding hydrogens is 657 g/mol. The van der Waals surface area contributed by atoms with E-state index in [1.165, 1.54) is 65.5 Å². The molecular formula is C52H32O2. The van der Waals surface area contributed by atoms with Crippen LogP contribution in [0.15, 0.2) is 185 Å². The number of fused-ring (bicyclic) bond motifs is 11. The Balaban J connectivity index is 1.06. The molecule has 1 unspecified atom stereocenters. The predicted molar refractivity (Wildman–Crippen MR) is 227 cm³/mol. The normalized spacial score (nSPS) is 14.8. The van der Waals surface area contributed by atoms with Gasteiger partial charge in [-0.25, -0.2) is 0 Å². The first-order valence-corrected chi connectivity index (χ1v) is 18.8. The van der Waals surface area contributed by atoms with Crippen molar-refractivity contribution < 1.29 is 8.83 Å². The molecule has 1 aliphatic carbocycles. The van der Waals surface area contributed by atoms with Gasteiger partial charge in [-0.3, -0.25) is 0 Å². The van der Waals surface area contributed by atoms with Crippen LogP contribution in [0.3, 0.4) is 0 Å². The fourth-order valence-corrected chi connectivity index (χ4v) is 9.41. The van der Waals surface area contributed by atoms with Crippen molar-refractivity contribution in [3.63, 3.8) is 0 Å². The van der Waals surface area contributed by atoms with Crippen LogP contribution >= 0.6 is 0 Å². The van der Waals surface area contributed by atoms with E-state index in [1.807, 2.05) is 12.1 Å². The lowest BCUT2D eigenvalue weighted by atomic mass is 9.79. The van der Waals surface area contributed by atoms with Gasteiger partial charge in [-0.05, 0) is 114 Å². The molecule has 12 rings (SSSR count). The summed E-state index contributed by atoms with van der Waals surface area (Å²) in [5.41, 5.74) is 10.1. The maximum Gasteiger partial charge on any atom is 0.136 e. The van der Waals surface area contributed by atoms with Crippen LogP contribution in [0.1, 0.15) is 23.5 Å². The van der Waals surface area contributed by atoms with Gasteiger partial charge in [0.25, 0.3) is 0 Å². The Labute approximate surface area is 310 Å². The number of hydrogen-bond donors (Lipinski definition) is 0. The van der Waals surface area contributed by atoms with Crippen LogP contribution in [0.5, 0.6) is 0 Å². The summed E-state index contributed by atoms with van der Waals surface area (Å²) in [5, 5.41) is 14.5. The zero-order valence-corrected chi connectivity index (χ0v) is 29.3. The van der Waals surface area contributed by atoms with Gasteiger partial charge in [-0.1, -0.05) is 140 Å². The predicted octanol–water partition coefficient (Wildman–Crippen LogP) is 14.9. The number of allylic oxidation sites excluding steroid dienone is 4. The fraction of sp³-hybridized carbons (Fsp3) is 0.0385. The molecule has 0 saturated carbocycles. The van der Waals surface area contributed by atoms with Crippen molar-refractivity contribution in [2.75, 3.05) is 0 Å². The van der Waals surface area contributed by atoms with Gasteiger partial charge >= 0.3 is 0 Å². The lowest BCUT2D eigenvalue weighted by molar-refractivity contribution is 0.668. The topological polar surface area (TPSA) is 26.3 Å². The maximum atomic E-state index is 6.54. The average molecular weight is 689 g/mol. The van der Waals surface area contributed by atoms with Crippen molar-refractivity contribution in [2.24, 2.45) is 0 Å². The van der Waals surface area contributed by atoms with E-state index in [4.69, 9.17) is 8.83 Å². The van der Waals surface area contributed by atoms with Crippen molar-refractivity contribution in [1.82, 2.24) is 0 Å². The van der Waals surface area contributed by atoms with Gasteiger partial charge in [0.2, 0.25) is 0 Å². The van der Waals surface area contributed by atoms with Crippen LogP contribution < -0.4 is 0 Å². The molecule has 1 atom stereocenters. The number of benzene rings is 9. The second-order valence-corrected chi connectivity index (χ2v) is 14.7. The van der Waals surface area contributed by atoms with E-state index in [9.17, 15) is 0 Å². The second kappa shape index (κ2) is 11.3. The minimum absolute atomic E-state index is 0.294. The Morgan fingerprint density at radius 3 is 1.85 bits per heavy atom. The number of rotatable bonds is 3. The molecule has 0 N–H and O–H groups in total. The number of para-hydroxylation sites is 1. The van der Waals surface area contributed by atoms with Gasteiger partial charge in [-0.2, -0.15) is 0 Å². The minimum Gasteiger partial charge on any atom is -0.456 e. The van der Waals surface area contributed by atoms with Crippen molar-refractivity contribution in [3.8, 4) is 11.1 Å². The van der Waals surface area contributed by atoms with Crippen LogP contribution in [0.25, 0.3) is 104 Å². The quantitative estimate of drug-likeness (QED) is 0.173. The third-order valence-corrected chi connectivity index (χ3v) is 11.8. The van der Waals surface area contributed by atoms with E-state index < -0.39 is 0 Å². The Morgan fingerprint density at radius 1 is 0.407 bits per heavy atom. The highest BCUT2D eigenvalue weighted by molar-refractivity contribution is 6.24. The van der Waals surface area contributed by atoms with Crippen LogP contribution in [0.2, 0.25) is 0 Å². The molecule has 2 aromatic heterocycles. The van der Waals surface area contributed by atoms with E-state index >= 15 is 0 Å². The number of hydrogen-bond acceptors (Lipinski definition) is 2. The smallest absolute Gasteiger partial charge is 0.136 e. The van der Waals surface area contributed by atoms with Gasteiger partial charge in [0.15, 0.2) is 0 Å². The minimum atomic E-state index is 0.294. The van der Waals surface area contributed by atoms with Crippen LogP contribution in [-0.4, -0.2) is 0 Å². The molecule has 0 spiro atoms. The Bertz CT molecular complexity index is 3360. The van der Waals surface area contributed by atoms with Crippen molar-refractivity contribution >= 4 is 92.5 Å². The lowest BCUT2D eigenvalue weighted by Crippen LogP contribution is -2.03. The molecule has 0 aliphatic heterocycles. The van der Waals surface area contributed by atoms with Crippen molar-refractivity contribution in [3.05, 3.63) is 187 Å². The monoisotopic (exact) mass is 688 g/mol. The highest BCUT2D eigenvalue weighted by Crippen LogP contribution is 2.47. The molecule has 252 valence electrons. The summed E-state index contributed by atoms with van der Waals surface area (Å²) in [4.78, 5) is 0. The Hall–Kier alpha value is -6.90. The highest BCUT2D eigenvalue weighted by Gasteiger charge is 2.23. The molecule has 2 heteroatoms. The van der Waals surface area contributed by atoms with Gasteiger partial charge in [0.05, 0.1) is 0 Å². The van der Waals surface area contributed by atoms with Crippen LogP contribution in [0, 0.1) is 0 Å². The van der Waals surface area contributed by atoms with Crippen molar-refractivity contribution in [1.29, 1.82) is 0 Å². The summed E-state index contributed by atoms with van der Waals surface area (Å²) in [7, 11) is 0. The second-order valence-electron chi connectivity index (χ2n) is 14.7. The standard InChI is InChI=1S/C52H32O2/c1-2-15-36-31(11-1)12-10-21-37(36)32-13-9-14-34(27-32)50-38-16-3-5-18-40(38)51(41-19-6-4-17-39(41)50)35-24-25-47-44(28-35)45-30-43-33(29-49(45)54-47)23-26-48-52(43)42-20-7-8-22-46(42)53-48/h1-26,28-30,32H,27H2. The van der Waals surface area contributed by atoms with E-state index in [2.05, 4.69) is 164 Å². The van der Waals surface area contributed by atoms with Crippen LogP contribution in [0.4, 0.5) is 0 Å². The summed E-state index contributed by atoms with van der Waals surface area (Å²) in [5.74, 6) is 0.294. The summed E-state index contributed by atoms with van der Waals surface area (Å²) in [6, 6.07) is 57.2. The first-order chi connectivity index (χ1) is 26.8. The lowest BCUT2D eigenvalue weighted by Gasteiger charge is -2.24. The first-order valence-electron chi connectivity index (χ1n) is 18.8. The Kier molecular flexibility index (Phi) is 6.20. The molecule has 1 aliphatic rings. The molecule has 0 fully saturated rings. The van der Waals surface area contributed by atoms with Gasteiger partial charge < -0.3 is 8.83 Å². The summed E-state index contributed by atoms with van der Waals surface area (Å²) >= 11 is 0. The van der Waals surface area contributed by atoms with Gasteiger partial charge in [-0.15, -0.1) is 0 Å². The zero-order valence-electron chi connectivity index (χ0n) is 29.3. The van der Waals surface area contributed by atoms with E-state index in [0.29, 0.717) is 5.92 Å². The molecule has 0 bridgehead atoms. The molecule has 0 amide bonds. The molecule has 2 heterocycles. The largest absolute Gasteiger partial charge is 0.456 e. The molecule has 0 saturated heterocycles. The van der Waals surface area contributed by atoms with Crippen LogP contribution in [-0.2, 0) is 0 Å². The average Bonchev–Trinajstić information content (AvgIpc) is 3.79. The first kappa shape index (κ1) is 29.7. The highest BCUT2D eigenvalue weighted by atomic mass is 16.3. The van der Waals surface area contributed by atoms with Gasteiger partial charge in [0.1, 0.15) is 22.3 Å². The van der Waals surface area contributed by atoms with Crippen molar-refractivity contribution in [2.45, 2.75) is 12.3 Å². The number of furan rings is 2. The van der Waals surface area contributed by atoms with E-state index in [1.54, 1.807) is 0 Å². The summed E-state index contributed by atoms with van der Waals surface area (Å²) < 4.78 is 12.8. The SMILES string of the molecule is C1=CC(c2cccc3ccccc23)CC(c2c3ccccc3c(-c3ccc4oc5cc6ccc7oc8ccccc8c7c6cc5c4c3)c3ccccc23)=C1. The molecule has 0 radical (unpaired) electrons. The third-order valence-electron chi connectivity index (χ3n) is 11.8. The zero-order chi connectivity index (χ0) is 35.3. The molecule has 9 aromatic carbocycles. The third kappa shape index (κ3) is 4.28.